The molecular formula is C18H24IN3O4. The number of benzene rings is 2. The molecule has 142 valence electrons. The van der Waals surface area contributed by atoms with Gasteiger partial charge in [0.15, 0.2) is 5.96 Å². The number of hydrogen-bond acceptors (Lipinski definition) is 5. The molecule has 0 aromatic heterocycles. The van der Waals surface area contributed by atoms with E-state index in [1.807, 2.05) is 24.3 Å². The van der Waals surface area contributed by atoms with E-state index in [-0.39, 0.29) is 24.0 Å². The fraction of sp³-hybridized carbons (Fsp3) is 0.278. The maximum Gasteiger partial charge on any atom is 0.193 e. The minimum atomic E-state index is 0. The maximum absolute atomic E-state index is 5.86. The molecule has 0 heterocycles. The van der Waals surface area contributed by atoms with Gasteiger partial charge < -0.3 is 30.0 Å². The zero-order valence-electron chi connectivity index (χ0n) is 15.0. The van der Waals surface area contributed by atoms with Gasteiger partial charge in [-0.3, -0.25) is 0 Å². The Balaban J connectivity index is 0.00000338. The van der Waals surface area contributed by atoms with E-state index in [9.17, 15) is 0 Å². The van der Waals surface area contributed by atoms with Crippen LogP contribution >= 0.6 is 24.0 Å². The van der Waals surface area contributed by atoms with Crippen molar-refractivity contribution in [3.8, 4) is 23.0 Å². The summed E-state index contributed by atoms with van der Waals surface area (Å²) in [5.74, 6) is 3.07. The molecule has 0 aliphatic rings. The minimum Gasteiger partial charge on any atom is -0.497 e. The summed E-state index contributed by atoms with van der Waals surface area (Å²) in [4.78, 5) is 4.23. The molecule has 0 aliphatic heterocycles. The minimum absolute atomic E-state index is 0. The van der Waals surface area contributed by atoms with Crippen LogP contribution in [0, 0.1) is 0 Å². The van der Waals surface area contributed by atoms with Crippen molar-refractivity contribution in [3.05, 3.63) is 42.5 Å². The van der Waals surface area contributed by atoms with Crippen molar-refractivity contribution in [1.82, 2.24) is 0 Å². The summed E-state index contributed by atoms with van der Waals surface area (Å²) in [6.07, 6.45) is 0. The molecular weight excluding hydrogens is 449 g/mol. The van der Waals surface area contributed by atoms with Gasteiger partial charge in [-0.1, -0.05) is 0 Å². The molecule has 0 aliphatic carbocycles. The highest BCUT2D eigenvalue weighted by Crippen LogP contribution is 2.27. The number of guanidine groups is 1. The molecule has 3 N–H and O–H groups in total. The number of hydrogen-bond donors (Lipinski definition) is 2. The molecule has 26 heavy (non-hydrogen) atoms. The third-order valence-corrected chi connectivity index (χ3v) is 3.33. The number of nitrogens with one attached hydrogen (secondary N) is 1. The van der Waals surface area contributed by atoms with Gasteiger partial charge in [-0.25, -0.2) is 4.99 Å². The second kappa shape index (κ2) is 11.3. The van der Waals surface area contributed by atoms with Crippen molar-refractivity contribution in [2.24, 2.45) is 10.7 Å². The average molecular weight is 473 g/mol. The van der Waals surface area contributed by atoms with Crippen LogP contribution < -0.4 is 30.0 Å². The highest BCUT2D eigenvalue weighted by atomic mass is 127. The SMILES string of the molecule is COc1ccc(NC(N)=NCCOc2cc(OC)cc(OC)c2)cc1.I. The molecule has 0 amide bonds. The number of ether oxygens (including phenoxy) is 4. The van der Waals surface area contributed by atoms with Gasteiger partial charge in [-0.05, 0) is 24.3 Å². The molecule has 0 bridgehead atoms. The number of nitrogens with two attached hydrogens (primary N) is 1. The Morgan fingerprint density at radius 2 is 1.42 bits per heavy atom. The van der Waals surface area contributed by atoms with Gasteiger partial charge in [-0.15, -0.1) is 24.0 Å². The van der Waals surface area contributed by atoms with Crippen molar-refractivity contribution in [2.75, 3.05) is 39.8 Å². The fourth-order valence-electron chi connectivity index (χ4n) is 2.06. The number of rotatable bonds is 8. The molecule has 0 spiro atoms. The van der Waals surface area contributed by atoms with Gasteiger partial charge in [0.2, 0.25) is 0 Å². The Morgan fingerprint density at radius 1 is 0.885 bits per heavy atom. The second-order valence-corrected chi connectivity index (χ2v) is 5.02. The van der Waals surface area contributed by atoms with Crippen LogP contribution in [0.4, 0.5) is 5.69 Å². The summed E-state index contributed by atoms with van der Waals surface area (Å²) >= 11 is 0. The molecule has 2 rings (SSSR count). The van der Waals surface area contributed by atoms with Crippen molar-refractivity contribution < 1.29 is 18.9 Å². The summed E-state index contributed by atoms with van der Waals surface area (Å²) in [7, 11) is 4.80. The number of anilines is 1. The summed E-state index contributed by atoms with van der Waals surface area (Å²) in [6.45, 7) is 0.788. The number of halogens is 1. The van der Waals surface area contributed by atoms with E-state index in [0.29, 0.717) is 36.4 Å². The van der Waals surface area contributed by atoms with E-state index in [2.05, 4.69) is 10.3 Å². The van der Waals surface area contributed by atoms with Crippen LogP contribution in [0.5, 0.6) is 23.0 Å². The lowest BCUT2D eigenvalue weighted by atomic mass is 10.3. The quantitative estimate of drug-likeness (QED) is 0.265. The molecule has 0 saturated heterocycles. The van der Waals surface area contributed by atoms with Gasteiger partial charge in [0.1, 0.15) is 29.6 Å². The normalized spacial score (nSPS) is 10.5. The first-order chi connectivity index (χ1) is 12.1. The predicted octanol–water partition coefficient (Wildman–Crippen LogP) is 3.14. The molecule has 2 aromatic rings. The van der Waals surface area contributed by atoms with Crippen molar-refractivity contribution >= 4 is 35.6 Å². The monoisotopic (exact) mass is 473 g/mol. The van der Waals surface area contributed by atoms with E-state index in [1.54, 1.807) is 39.5 Å². The fourth-order valence-corrected chi connectivity index (χ4v) is 2.06. The summed E-state index contributed by atoms with van der Waals surface area (Å²) < 4.78 is 21.2. The first-order valence-electron chi connectivity index (χ1n) is 7.71. The Morgan fingerprint density at radius 3 is 1.96 bits per heavy atom. The van der Waals surface area contributed by atoms with Crippen molar-refractivity contribution in [3.63, 3.8) is 0 Å². The summed E-state index contributed by atoms with van der Waals surface area (Å²) in [6, 6.07) is 12.8. The molecule has 0 radical (unpaired) electrons. The van der Waals surface area contributed by atoms with Gasteiger partial charge in [0.25, 0.3) is 0 Å². The lowest BCUT2D eigenvalue weighted by molar-refractivity contribution is 0.321. The Labute approximate surface area is 170 Å². The van der Waals surface area contributed by atoms with Crippen LogP contribution in [0.15, 0.2) is 47.5 Å². The zero-order valence-corrected chi connectivity index (χ0v) is 17.4. The standard InChI is InChI=1S/C18H23N3O4.HI/c1-22-14-6-4-13(5-7-14)21-18(19)20-8-9-25-17-11-15(23-2)10-16(12-17)24-3;/h4-7,10-12H,8-9H2,1-3H3,(H3,19,20,21);1H. The topological polar surface area (TPSA) is 87.3 Å². The first-order valence-corrected chi connectivity index (χ1v) is 7.71. The lowest BCUT2D eigenvalue weighted by Crippen LogP contribution is -2.23. The molecule has 8 heteroatoms. The highest BCUT2D eigenvalue weighted by Gasteiger charge is 2.03. The maximum atomic E-state index is 5.86. The molecule has 2 aromatic carbocycles. The molecule has 0 saturated carbocycles. The van der Waals surface area contributed by atoms with Crippen LogP contribution in [-0.4, -0.2) is 40.4 Å². The molecule has 0 unspecified atom stereocenters. The summed E-state index contributed by atoms with van der Waals surface area (Å²) in [5.41, 5.74) is 6.69. The smallest absolute Gasteiger partial charge is 0.193 e. The van der Waals surface area contributed by atoms with Gasteiger partial charge in [0, 0.05) is 23.9 Å². The van der Waals surface area contributed by atoms with Crippen LogP contribution in [0.2, 0.25) is 0 Å². The van der Waals surface area contributed by atoms with Crippen molar-refractivity contribution in [2.45, 2.75) is 0 Å². The summed E-state index contributed by atoms with van der Waals surface area (Å²) in [5, 5.41) is 3.01. The number of nitrogens with zero attached hydrogens (tertiary/aromatic N) is 1. The van der Waals surface area contributed by atoms with Gasteiger partial charge in [0.05, 0.1) is 27.9 Å². The Hall–Kier alpha value is -2.36. The average Bonchev–Trinajstić information content (AvgIpc) is 2.65. The van der Waals surface area contributed by atoms with Crippen LogP contribution in [0.3, 0.4) is 0 Å². The third kappa shape index (κ3) is 6.87. The predicted molar refractivity (Wildman–Crippen MR) is 114 cm³/mol. The largest absolute Gasteiger partial charge is 0.497 e. The van der Waals surface area contributed by atoms with E-state index < -0.39 is 0 Å². The molecule has 0 fully saturated rings. The van der Waals surface area contributed by atoms with E-state index in [4.69, 9.17) is 24.7 Å². The van der Waals surface area contributed by atoms with E-state index in [0.717, 1.165) is 11.4 Å². The second-order valence-electron chi connectivity index (χ2n) is 5.02. The Kier molecular flexibility index (Phi) is 9.42. The van der Waals surface area contributed by atoms with Crippen LogP contribution in [0.25, 0.3) is 0 Å². The molecule has 7 nitrogen and oxygen atoms in total. The zero-order chi connectivity index (χ0) is 18.1. The van der Waals surface area contributed by atoms with Crippen LogP contribution in [-0.2, 0) is 0 Å². The lowest BCUT2D eigenvalue weighted by Gasteiger charge is -2.10. The van der Waals surface area contributed by atoms with Crippen molar-refractivity contribution in [1.29, 1.82) is 0 Å². The van der Waals surface area contributed by atoms with Gasteiger partial charge >= 0.3 is 0 Å². The van der Waals surface area contributed by atoms with Crippen LogP contribution in [0.1, 0.15) is 0 Å². The highest BCUT2D eigenvalue weighted by molar-refractivity contribution is 14.0. The van der Waals surface area contributed by atoms with E-state index >= 15 is 0 Å². The molecule has 0 atom stereocenters. The third-order valence-electron chi connectivity index (χ3n) is 3.33. The Bertz CT molecular complexity index is 686. The first kappa shape index (κ1) is 21.7. The van der Waals surface area contributed by atoms with Gasteiger partial charge in [-0.2, -0.15) is 0 Å². The number of aliphatic imine (C=N–C) groups is 1. The van der Waals surface area contributed by atoms with E-state index in [1.165, 1.54) is 0 Å². The number of methoxy groups -OCH3 is 3.